The molecule has 0 radical (unpaired) electrons. The van der Waals surface area contributed by atoms with E-state index in [-0.39, 0.29) is 0 Å². The Hall–Kier alpha value is -0.380. The average Bonchev–Trinajstić information content (AvgIpc) is 2.72. The minimum absolute atomic E-state index is 0.425. The van der Waals surface area contributed by atoms with Crippen LogP contribution in [0.25, 0.3) is 0 Å². The summed E-state index contributed by atoms with van der Waals surface area (Å²) < 4.78 is 0. The first-order chi connectivity index (χ1) is 7.20. The van der Waals surface area contributed by atoms with Gasteiger partial charge < -0.3 is 0 Å². The lowest BCUT2D eigenvalue weighted by Crippen LogP contribution is -2.23. The summed E-state index contributed by atoms with van der Waals surface area (Å²) in [5, 5.41) is 0.851. The zero-order valence-electron chi connectivity index (χ0n) is 8.16. The molecule has 1 aliphatic carbocycles. The minimum atomic E-state index is 0.425. The fourth-order valence-corrected chi connectivity index (χ4v) is 2.79. The monoisotopic (exact) mass is 243 g/mol. The summed E-state index contributed by atoms with van der Waals surface area (Å²) >= 11 is 11.6. The van der Waals surface area contributed by atoms with Crippen LogP contribution in [0.4, 0.5) is 0 Å². The largest absolute Gasteiger partial charge is 0.295 e. The van der Waals surface area contributed by atoms with Crippen LogP contribution in [-0.4, -0.2) is 28.0 Å². The summed E-state index contributed by atoms with van der Waals surface area (Å²) in [7, 11) is 0. The van der Waals surface area contributed by atoms with Gasteiger partial charge in [0.05, 0.1) is 6.54 Å². The number of aromatic nitrogens is 2. The second-order valence-electron chi connectivity index (χ2n) is 4.38. The standard InChI is InChI=1S/C10H11Cl2N3/c11-8-2-9(12)14-10(13-8)5-15-3-6-1-7(6)4-15/h2,6-7H,1,3-5H2. The number of hydrogen-bond donors (Lipinski definition) is 0. The van der Waals surface area contributed by atoms with E-state index in [1.165, 1.54) is 19.5 Å². The molecule has 3 rings (SSSR count). The molecule has 5 heteroatoms. The molecule has 2 atom stereocenters. The van der Waals surface area contributed by atoms with Gasteiger partial charge in [0.15, 0.2) is 0 Å². The van der Waals surface area contributed by atoms with E-state index in [1.807, 2.05) is 0 Å². The van der Waals surface area contributed by atoms with Crippen molar-refractivity contribution >= 4 is 23.2 Å². The Morgan fingerprint density at radius 1 is 1.20 bits per heavy atom. The molecule has 2 unspecified atom stereocenters. The van der Waals surface area contributed by atoms with E-state index in [9.17, 15) is 0 Å². The van der Waals surface area contributed by atoms with Gasteiger partial charge in [-0.2, -0.15) is 0 Å². The van der Waals surface area contributed by atoms with Gasteiger partial charge in [-0.15, -0.1) is 0 Å². The molecule has 1 aromatic heterocycles. The molecule has 1 aromatic rings. The van der Waals surface area contributed by atoms with E-state index in [0.717, 1.165) is 24.2 Å². The summed E-state index contributed by atoms with van der Waals surface area (Å²) in [5.41, 5.74) is 0. The van der Waals surface area contributed by atoms with Gasteiger partial charge in [0.2, 0.25) is 0 Å². The number of halogens is 2. The zero-order chi connectivity index (χ0) is 10.4. The topological polar surface area (TPSA) is 29.0 Å². The normalized spacial score (nSPS) is 29.2. The molecule has 1 aliphatic heterocycles. The number of hydrogen-bond acceptors (Lipinski definition) is 3. The molecule has 2 aliphatic rings. The Balaban J connectivity index is 1.70. The van der Waals surface area contributed by atoms with Crippen molar-refractivity contribution < 1.29 is 0 Å². The van der Waals surface area contributed by atoms with E-state index in [2.05, 4.69) is 14.9 Å². The Bertz CT molecular complexity index is 366. The fraction of sp³-hybridized carbons (Fsp3) is 0.600. The van der Waals surface area contributed by atoms with Crippen molar-refractivity contribution in [3.05, 3.63) is 22.2 Å². The van der Waals surface area contributed by atoms with E-state index in [4.69, 9.17) is 23.2 Å². The van der Waals surface area contributed by atoms with Gasteiger partial charge in [0.1, 0.15) is 16.1 Å². The van der Waals surface area contributed by atoms with Crippen LogP contribution >= 0.6 is 23.2 Å². The summed E-state index contributed by atoms with van der Waals surface area (Å²) in [6, 6.07) is 1.56. The first-order valence-electron chi connectivity index (χ1n) is 5.12. The van der Waals surface area contributed by atoms with Gasteiger partial charge in [-0.05, 0) is 18.3 Å². The number of fused-ring (bicyclic) bond motifs is 1. The summed E-state index contributed by atoms with van der Waals surface area (Å²) in [5.74, 6) is 2.59. The third-order valence-electron chi connectivity index (χ3n) is 3.13. The first-order valence-corrected chi connectivity index (χ1v) is 5.87. The predicted molar refractivity (Wildman–Crippen MR) is 58.9 cm³/mol. The molecule has 80 valence electrons. The molecule has 1 saturated heterocycles. The third-order valence-corrected chi connectivity index (χ3v) is 3.52. The highest BCUT2D eigenvalue weighted by Gasteiger charge is 2.44. The highest BCUT2D eigenvalue weighted by Crippen LogP contribution is 2.45. The molecule has 0 N–H and O–H groups in total. The second kappa shape index (κ2) is 3.58. The van der Waals surface area contributed by atoms with E-state index >= 15 is 0 Å². The van der Waals surface area contributed by atoms with Crippen molar-refractivity contribution in [2.24, 2.45) is 11.8 Å². The zero-order valence-corrected chi connectivity index (χ0v) is 9.67. The molecule has 3 nitrogen and oxygen atoms in total. The predicted octanol–water partition coefficient (Wildman–Crippen LogP) is 2.24. The summed E-state index contributed by atoms with van der Waals surface area (Å²) in [6.07, 6.45) is 1.41. The lowest BCUT2D eigenvalue weighted by Gasteiger charge is -2.15. The van der Waals surface area contributed by atoms with Crippen LogP contribution in [0, 0.1) is 11.8 Å². The van der Waals surface area contributed by atoms with Crippen LogP contribution in [0.3, 0.4) is 0 Å². The molecule has 2 heterocycles. The SMILES string of the molecule is Clc1cc(Cl)nc(CN2CC3CC3C2)n1. The fourth-order valence-electron chi connectivity index (χ4n) is 2.33. The molecule has 0 spiro atoms. The molecular formula is C10H11Cl2N3. The van der Waals surface area contributed by atoms with Gasteiger partial charge in [0.25, 0.3) is 0 Å². The number of piperidine rings is 1. The lowest BCUT2D eigenvalue weighted by molar-refractivity contribution is 0.289. The molecule has 15 heavy (non-hydrogen) atoms. The quantitative estimate of drug-likeness (QED) is 0.747. The third kappa shape index (κ3) is 2.10. The maximum atomic E-state index is 5.82. The Morgan fingerprint density at radius 3 is 2.40 bits per heavy atom. The van der Waals surface area contributed by atoms with Crippen LogP contribution in [0.5, 0.6) is 0 Å². The van der Waals surface area contributed by atoms with Gasteiger partial charge in [-0.1, -0.05) is 23.2 Å². The second-order valence-corrected chi connectivity index (χ2v) is 5.15. The van der Waals surface area contributed by atoms with Crippen LogP contribution in [0.15, 0.2) is 6.07 Å². The lowest BCUT2D eigenvalue weighted by atomic mass is 10.4. The van der Waals surface area contributed by atoms with Crippen molar-refractivity contribution in [2.45, 2.75) is 13.0 Å². The summed E-state index contributed by atoms with van der Waals surface area (Å²) in [4.78, 5) is 10.7. The van der Waals surface area contributed by atoms with Crippen LogP contribution in [0.1, 0.15) is 12.2 Å². The molecule has 1 saturated carbocycles. The Kier molecular flexibility index (Phi) is 2.34. The van der Waals surface area contributed by atoms with Crippen molar-refractivity contribution in [2.75, 3.05) is 13.1 Å². The summed E-state index contributed by atoms with van der Waals surface area (Å²) in [6.45, 7) is 3.13. The number of rotatable bonds is 2. The van der Waals surface area contributed by atoms with Gasteiger partial charge in [-0.25, -0.2) is 9.97 Å². The maximum Gasteiger partial charge on any atom is 0.145 e. The smallest absolute Gasteiger partial charge is 0.145 e. The average molecular weight is 244 g/mol. The Labute approximate surface area is 98.4 Å². The van der Waals surface area contributed by atoms with E-state index in [0.29, 0.717) is 10.3 Å². The van der Waals surface area contributed by atoms with Crippen molar-refractivity contribution in [1.82, 2.24) is 14.9 Å². The van der Waals surface area contributed by atoms with Gasteiger partial charge >= 0.3 is 0 Å². The van der Waals surface area contributed by atoms with Crippen molar-refractivity contribution in [3.63, 3.8) is 0 Å². The van der Waals surface area contributed by atoms with Gasteiger partial charge in [-0.3, -0.25) is 4.90 Å². The Morgan fingerprint density at radius 2 is 1.80 bits per heavy atom. The molecule has 0 amide bonds. The number of nitrogens with zero attached hydrogens (tertiary/aromatic N) is 3. The number of likely N-dealkylation sites (tertiary alicyclic amines) is 1. The highest BCUT2D eigenvalue weighted by atomic mass is 35.5. The van der Waals surface area contributed by atoms with Crippen LogP contribution in [0.2, 0.25) is 10.3 Å². The minimum Gasteiger partial charge on any atom is -0.295 e. The highest BCUT2D eigenvalue weighted by molar-refractivity contribution is 6.33. The molecule has 0 bridgehead atoms. The van der Waals surface area contributed by atoms with E-state index < -0.39 is 0 Å². The van der Waals surface area contributed by atoms with Crippen molar-refractivity contribution in [1.29, 1.82) is 0 Å². The molecular weight excluding hydrogens is 233 g/mol. The van der Waals surface area contributed by atoms with Crippen LogP contribution in [-0.2, 0) is 6.54 Å². The van der Waals surface area contributed by atoms with Gasteiger partial charge in [0, 0.05) is 19.2 Å². The maximum absolute atomic E-state index is 5.82. The molecule has 0 aromatic carbocycles. The van der Waals surface area contributed by atoms with Crippen LogP contribution < -0.4 is 0 Å². The first kappa shape index (κ1) is 9.82. The van der Waals surface area contributed by atoms with E-state index in [1.54, 1.807) is 6.07 Å². The van der Waals surface area contributed by atoms with Crippen molar-refractivity contribution in [3.8, 4) is 0 Å². The molecule has 2 fully saturated rings.